The number of piperazine rings is 1. The highest BCUT2D eigenvalue weighted by Crippen LogP contribution is 2.19. The quantitative estimate of drug-likeness (QED) is 0.829. The molecule has 0 saturated carbocycles. The summed E-state index contributed by atoms with van der Waals surface area (Å²) in [5, 5.41) is 1.95. The van der Waals surface area contributed by atoms with E-state index < -0.39 is 6.04 Å². The van der Waals surface area contributed by atoms with E-state index in [1.165, 1.54) is 11.3 Å². The van der Waals surface area contributed by atoms with E-state index in [4.69, 9.17) is 5.73 Å². The van der Waals surface area contributed by atoms with Gasteiger partial charge in [-0.15, -0.1) is 17.9 Å². The van der Waals surface area contributed by atoms with E-state index in [-0.39, 0.29) is 5.91 Å². The third-order valence-electron chi connectivity index (χ3n) is 3.19. The van der Waals surface area contributed by atoms with Gasteiger partial charge in [0.15, 0.2) is 0 Å². The third kappa shape index (κ3) is 2.98. The van der Waals surface area contributed by atoms with Crippen molar-refractivity contribution in [3.8, 4) is 0 Å². The number of carbonyl (C=O) groups is 1. The lowest BCUT2D eigenvalue weighted by Crippen LogP contribution is -2.50. The van der Waals surface area contributed by atoms with Crippen molar-refractivity contribution in [3.63, 3.8) is 0 Å². The molecule has 1 aromatic rings. The molecule has 98 valence electrons. The van der Waals surface area contributed by atoms with E-state index in [0.717, 1.165) is 37.6 Å². The number of nitrogens with zero attached hydrogens (tertiary/aromatic N) is 2. The molecule has 1 amide bonds. The first-order valence-corrected chi connectivity index (χ1v) is 7.01. The van der Waals surface area contributed by atoms with Gasteiger partial charge in [0.1, 0.15) is 6.04 Å². The Morgan fingerprint density at radius 3 is 2.78 bits per heavy atom. The van der Waals surface area contributed by atoms with Gasteiger partial charge in [-0.05, 0) is 11.4 Å². The zero-order chi connectivity index (χ0) is 13.0. The van der Waals surface area contributed by atoms with Crippen LogP contribution in [0.2, 0.25) is 0 Å². The Morgan fingerprint density at radius 1 is 1.50 bits per heavy atom. The minimum atomic E-state index is -0.504. The minimum absolute atomic E-state index is 0.0377. The Labute approximate surface area is 112 Å². The zero-order valence-corrected chi connectivity index (χ0v) is 11.2. The van der Waals surface area contributed by atoms with Gasteiger partial charge < -0.3 is 10.6 Å². The van der Waals surface area contributed by atoms with Gasteiger partial charge in [0.2, 0.25) is 5.91 Å². The highest BCUT2D eigenvalue weighted by atomic mass is 32.1. The van der Waals surface area contributed by atoms with E-state index in [1.807, 2.05) is 28.5 Å². The largest absolute Gasteiger partial charge is 0.338 e. The average molecular weight is 265 g/mol. The molecule has 1 aromatic heterocycles. The number of rotatable bonds is 4. The van der Waals surface area contributed by atoms with Crippen molar-refractivity contribution < 1.29 is 4.79 Å². The summed E-state index contributed by atoms with van der Waals surface area (Å²) in [4.78, 5) is 17.3. The number of hydrogen-bond donors (Lipinski definition) is 1. The normalized spacial score (nSPS) is 18.6. The summed E-state index contributed by atoms with van der Waals surface area (Å²) >= 11 is 1.54. The van der Waals surface area contributed by atoms with Crippen LogP contribution >= 0.6 is 11.3 Å². The standard InChI is InChI=1S/C13H19N3OS/c1-2-5-15-6-8-16(9-7-15)13(17)12(14)11-4-3-10-18-11/h2-4,10,12H,1,5-9,14H2. The van der Waals surface area contributed by atoms with Crippen LogP contribution in [0.4, 0.5) is 0 Å². The van der Waals surface area contributed by atoms with Gasteiger partial charge in [0, 0.05) is 37.6 Å². The molecule has 18 heavy (non-hydrogen) atoms. The van der Waals surface area contributed by atoms with Crippen LogP contribution in [0.3, 0.4) is 0 Å². The Morgan fingerprint density at radius 2 is 2.22 bits per heavy atom. The van der Waals surface area contributed by atoms with Crippen molar-refractivity contribution in [2.75, 3.05) is 32.7 Å². The Kier molecular flexibility index (Phi) is 4.52. The molecule has 2 heterocycles. The SMILES string of the molecule is C=CCN1CCN(C(=O)C(N)c2cccs2)CC1. The maximum absolute atomic E-state index is 12.2. The summed E-state index contributed by atoms with van der Waals surface area (Å²) in [6.07, 6.45) is 1.90. The fourth-order valence-corrected chi connectivity index (χ4v) is 2.84. The molecule has 1 aliphatic heterocycles. The second-order valence-electron chi connectivity index (χ2n) is 4.41. The Hall–Kier alpha value is -1.17. The maximum atomic E-state index is 12.2. The van der Waals surface area contributed by atoms with Crippen molar-refractivity contribution in [3.05, 3.63) is 35.0 Å². The summed E-state index contributed by atoms with van der Waals surface area (Å²) in [5.74, 6) is 0.0377. The molecule has 2 rings (SSSR count). The number of nitrogens with two attached hydrogens (primary N) is 1. The molecule has 0 aromatic carbocycles. The molecule has 0 aliphatic carbocycles. The summed E-state index contributed by atoms with van der Waals surface area (Å²) in [6.45, 7) is 7.92. The van der Waals surface area contributed by atoms with Crippen molar-refractivity contribution in [2.24, 2.45) is 5.73 Å². The topological polar surface area (TPSA) is 49.6 Å². The van der Waals surface area contributed by atoms with E-state index in [9.17, 15) is 4.79 Å². The van der Waals surface area contributed by atoms with Gasteiger partial charge in [-0.1, -0.05) is 12.1 Å². The minimum Gasteiger partial charge on any atom is -0.338 e. The lowest BCUT2D eigenvalue weighted by atomic mass is 10.2. The van der Waals surface area contributed by atoms with Gasteiger partial charge in [-0.3, -0.25) is 9.69 Å². The number of thiophene rings is 1. The molecule has 1 unspecified atom stereocenters. The molecule has 5 heteroatoms. The number of amides is 1. The van der Waals surface area contributed by atoms with E-state index in [1.54, 1.807) is 0 Å². The molecule has 1 saturated heterocycles. The second-order valence-corrected chi connectivity index (χ2v) is 5.39. The van der Waals surface area contributed by atoms with Crippen molar-refractivity contribution in [1.82, 2.24) is 9.80 Å². The first-order valence-electron chi connectivity index (χ1n) is 6.13. The van der Waals surface area contributed by atoms with Crippen molar-refractivity contribution in [2.45, 2.75) is 6.04 Å². The summed E-state index contributed by atoms with van der Waals surface area (Å²) in [6, 6.07) is 3.34. The van der Waals surface area contributed by atoms with E-state index in [2.05, 4.69) is 11.5 Å². The molecule has 0 bridgehead atoms. The van der Waals surface area contributed by atoms with Gasteiger partial charge in [0.05, 0.1) is 0 Å². The van der Waals surface area contributed by atoms with Gasteiger partial charge in [0.25, 0.3) is 0 Å². The van der Waals surface area contributed by atoms with Crippen molar-refractivity contribution >= 4 is 17.2 Å². The molecule has 4 nitrogen and oxygen atoms in total. The zero-order valence-electron chi connectivity index (χ0n) is 10.4. The van der Waals surface area contributed by atoms with E-state index >= 15 is 0 Å². The lowest BCUT2D eigenvalue weighted by molar-refractivity contribution is -0.134. The van der Waals surface area contributed by atoms with Crippen LogP contribution in [0.1, 0.15) is 10.9 Å². The second kappa shape index (κ2) is 6.13. The van der Waals surface area contributed by atoms with Crippen LogP contribution in [0.5, 0.6) is 0 Å². The highest BCUT2D eigenvalue weighted by molar-refractivity contribution is 7.10. The molecular weight excluding hydrogens is 246 g/mol. The van der Waals surface area contributed by atoms with Crippen LogP contribution < -0.4 is 5.73 Å². The molecule has 2 N–H and O–H groups in total. The molecule has 0 spiro atoms. The Balaban J connectivity index is 1.89. The highest BCUT2D eigenvalue weighted by Gasteiger charge is 2.26. The fraction of sp³-hybridized carbons (Fsp3) is 0.462. The molecule has 1 fully saturated rings. The molecule has 0 radical (unpaired) electrons. The van der Waals surface area contributed by atoms with Gasteiger partial charge >= 0.3 is 0 Å². The number of carbonyl (C=O) groups excluding carboxylic acids is 1. The van der Waals surface area contributed by atoms with Gasteiger partial charge in [-0.2, -0.15) is 0 Å². The maximum Gasteiger partial charge on any atom is 0.245 e. The first-order chi connectivity index (χ1) is 8.72. The fourth-order valence-electron chi connectivity index (χ4n) is 2.12. The summed E-state index contributed by atoms with van der Waals surface area (Å²) < 4.78 is 0. The summed E-state index contributed by atoms with van der Waals surface area (Å²) in [5.41, 5.74) is 6.00. The molecular formula is C13H19N3OS. The predicted molar refractivity (Wildman–Crippen MR) is 74.5 cm³/mol. The predicted octanol–water partition coefficient (Wildman–Crippen LogP) is 1.08. The average Bonchev–Trinajstić information content (AvgIpc) is 2.92. The monoisotopic (exact) mass is 265 g/mol. The van der Waals surface area contributed by atoms with Crippen molar-refractivity contribution in [1.29, 1.82) is 0 Å². The first kappa shape index (κ1) is 13.3. The lowest BCUT2D eigenvalue weighted by Gasteiger charge is -2.35. The van der Waals surface area contributed by atoms with Crippen LogP contribution in [0, 0.1) is 0 Å². The third-order valence-corrected chi connectivity index (χ3v) is 4.14. The smallest absolute Gasteiger partial charge is 0.245 e. The van der Waals surface area contributed by atoms with Crippen LogP contribution in [0.15, 0.2) is 30.2 Å². The van der Waals surface area contributed by atoms with E-state index in [0.29, 0.717) is 0 Å². The molecule has 1 aliphatic rings. The molecule has 1 atom stereocenters. The summed E-state index contributed by atoms with van der Waals surface area (Å²) in [7, 11) is 0. The van der Waals surface area contributed by atoms with Crippen LogP contribution in [-0.2, 0) is 4.79 Å². The van der Waals surface area contributed by atoms with Crippen LogP contribution in [-0.4, -0.2) is 48.4 Å². The number of hydrogen-bond acceptors (Lipinski definition) is 4. The van der Waals surface area contributed by atoms with Crippen LogP contribution in [0.25, 0.3) is 0 Å². The van der Waals surface area contributed by atoms with Gasteiger partial charge in [-0.25, -0.2) is 0 Å². The Bertz CT molecular complexity index is 396.